The van der Waals surface area contributed by atoms with E-state index in [0.29, 0.717) is 26.2 Å². The molecule has 0 aliphatic carbocycles. The lowest BCUT2D eigenvalue weighted by Gasteiger charge is -2.32. The Balaban J connectivity index is 1.93. The quantitative estimate of drug-likeness (QED) is 0.817. The van der Waals surface area contributed by atoms with E-state index < -0.39 is 12.5 Å². The van der Waals surface area contributed by atoms with Crippen LogP contribution in [0.3, 0.4) is 0 Å². The Hall–Kier alpha value is -0.590. The molecular formula is C10H14F2N2OS. The molecule has 1 saturated heterocycles. The highest BCUT2D eigenvalue weighted by molar-refractivity contribution is 7.09. The minimum absolute atomic E-state index is 0.301. The Morgan fingerprint density at radius 2 is 2.50 bits per heavy atom. The molecule has 0 saturated carbocycles. The van der Waals surface area contributed by atoms with Gasteiger partial charge in [-0.2, -0.15) is 0 Å². The second-order valence-electron chi connectivity index (χ2n) is 3.84. The molecule has 0 N–H and O–H groups in total. The van der Waals surface area contributed by atoms with Gasteiger partial charge in [-0.05, 0) is 6.92 Å². The lowest BCUT2D eigenvalue weighted by atomic mass is 10.2. The van der Waals surface area contributed by atoms with Gasteiger partial charge in [-0.3, -0.25) is 4.90 Å². The maximum absolute atomic E-state index is 12.5. The van der Waals surface area contributed by atoms with Gasteiger partial charge in [0.1, 0.15) is 6.10 Å². The van der Waals surface area contributed by atoms with Gasteiger partial charge in [0.25, 0.3) is 6.43 Å². The average molecular weight is 248 g/mol. The number of hydrogen-bond donors (Lipinski definition) is 0. The summed E-state index contributed by atoms with van der Waals surface area (Å²) in [5.41, 5.74) is 2.78. The van der Waals surface area contributed by atoms with E-state index in [2.05, 4.69) is 4.98 Å². The summed E-state index contributed by atoms with van der Waals surface area (Å²) in [6, 6.07) is 0. The van der Waals surface area contributed by atoms with Crippen LogP contribution < -0.4 is 0 Å². The van der Waals surface area contributed by atoms with Crippen molar-refractivity contribution in [2.24, 2.45) is 0 Å². The molecule has 6 heteroatoms. The Kier molecular flexibility index (Phi) is 3.83. The van der Waals surface area contributed by atoms with Crippen LogP contribution in [0.4, 0.5) is 8.78 Å². The highest BCUT2D eigenvalue weighted by Crippen LogP contribution is 2.18. The third-order valence-electron chi connectivity index (χ3n) is 2.67. The van der Waals surface area contributed by atoms with E-state index in [1.807, 2.05) is 11.8 Å². The van der Waals surface area contributed by atoms with Crippen LogP contribution >= 0.6 is 11.3 Å². The smallest absolute Gasteiger partial charge is 0.265 e. The van der Waals surface area contributed by atoms with Crippen molar-refractivity contribution >= 4 is 11.3 Å². The number of thiazole rings is 1. The predicted molar refractivity (Wildman–Crippen MR) is 57.9 cm³/mol. The molecule has 1 aromatic rings. The number of aryl methyl sites for hydroxylation is 1. The molecule has 0 bridgehead atoms. The van der Waals surface area contributed by atoms with Gasteiger partial charge in [-0.15, -0.1) is 11.3 Å². The molecule has 1 atom stereocenters. The summed E-state index contributed by atoms with van der Waals surface area (Å²) in [7, 11) is 0. The molecular weight excluding hydrogens is 234 g/mol. The molecule has 0 spiro atoms. The first-order valence-electron chi connectivity index (χ1n) is 5.18. The summed E-state index contributed by atoms with van der Waals surface area (Å²) in [4.78, 5) is 7.30. The van der Waals surface area contributed by atoms with E-state index in [0.717, 1.165) is 10.6 Å². The van der Waals surface area contributed by atoms with E-state index in [9.17, 15) is 8.78 Å². The standard InChI is InChI=1S/C10H14F2N2OS/c1-7-9(16-6-13-7)5-14-2-3-15-8(4-14)10(11)12/h6,8,10H,2-5H2,1H3. The van der Waals surface area contributed by atoms with Gasteiger partial charge in [0.2, 0.25) is 0 Å². The predicted octanol–water partition coefficient (Wildman–Crippen LogP) is 1.92. The van der Waals surface area contributed by atoms with Crippen LogP contribution in [0, 0.1) is 6.92 Å². The lowest BCUT2D eigenvalue weighted by Crippen LogP contribution is -2.45. The van der Waals surface area contributed by atoms with E-state index in [4.69, 9.17) is 4.74 Å². The number of rotatable bonds is 3. The first-order valence-corrected chi connectivity index (χ1v) is 6.06. The first kappa shape index (κ1) is 11.9. The lowest BCUT2D eigenvalue weighted by molar-refractivity contribution is -0.104. The topological polar surface area (TPSA) is 25.4 Å². The van der Waals surface area contributed by atoms with Crippen LogP contribution in [-0.2, 0) is 11.3 Å². The van der Waals surface area contributed by atoms with Gasteiger partial charge >= 0.3 is 0 Å². The third kappa shape index (κ3) is 2.75. The molecule has 3 nitrogen and oxygen atoms in total. The van der Waals surface area contributed by atoms with E-state index in [-0.39, 0.29) is 0 Å². The zero-order valence-electron chi connectivity index (χ0n) is 9.03. The highest BCUT2D eigenvalue weighted by Gasteiger charge is 2.28. The molecule has 1 aliphatic heterocycles. The summed E-state index contributed by atoms with van der Waals surface area (Å²) < 4.78 is 30.0. The fourth-order valence-corrected chi connectivity index (χ4v) is 2.53. The van der Waals surface area contributed by atoms with Crippen molar-refractivity contribution in [3.63, 3.8) is 0 Å². The van der Waals surface area contributed by atoms with Crippen molar-refractivity contribution in [1.29, 1.82) is 0 Å². The Morgan fingerprint density at radius 1 is 1.69 bits per heavy atom. The van der Waals surface area contributed by atoms with Crippen molar-refractivity contribution in [2.45, 2.75) is 26.0 Å². The molecule has 2 rings (SSSR count). The van der Waals surface area contributed by atoms with Gasteiger partial charge < -0.3 is 4.74 Å². The number of alkyl halides is 2. The van der Waals surface area contributed by atoms with Gasteiger partial charge in [0.15, 0.2) is 0 Å². The zero-order valence-corrected chi connectivity index (χ0v) is 9.84. The Bertz CT molecular complexity index is 345. The van der Waals surface area contributed by atoms with Crippen molar-refractivity contribution in [2.75, 3.05) is 19.7 Å². The van der Waals surface area contributed by atoms with Crippen LogP contribution in [0.2, 0.25) is 0 Å². The van der Waals surface area contributed by atoms with Gasteiger partial charge in [0, 0.05) is 24.5 Å². The highest BCUT2D eigenvalue weighted by atomic mass is 32.1. The second-order valence-corrected chi connectivity index (χ2v) is 4.78. The van der Waals surface area contributed by atoms with E-state index >= 15 is 0 Å². The monoisotopic (exact) mass is 248 g/mol. The molecule has 1 aliphatic rings. The molecule has 2 heterocycles. The first-order chi connectivity index (χ1) is 7.66. The minimum Gasteiger partial charge on any atom is -0.370 e. The zero-order chi connectivity index (χ0) is 11.5. The van der Waals surface area contributed by atoms with Crippen molar-refractivity contribution < 1.29 is 13.5 Å². The van der Waals surface area contributed by atoms with Crippen LogP contribution in [0.1, 0.15) is 10.6 Å². The maximum atomic E-state index is 12.5. The summed E-state index contributed by atoms with van der Waals surface area (Å²) in [5, 5.41) is 0. The van der Waals surface area contributed by atoms with Crippen LogP contribution in [0.15, 0.2) is 5.51 Å². The number of ether oxygens (including phenoxy) is 1. The van der Waals surface area contributed by atoms with Gasteiger partial charge in [0.05, 0.1) is 17.8 Å². The Morgan fingerprint density at radius 3 is 3.12 bits per heavy atom. The number of nitrogens with zero attached hydrogens (tertiary/aromatic N) is 2. The number of morpholine rings is 1. The molecule has 0 aromatic carbocycles. The summed E-state index contributed by atoms with van der Waals surface area (Å²) >= 11 is 1.57. The minimum atomic E-state index is -2.40. The normalized spacial score (nSPS) is 22.9. The largest absolute Gasteiger partial charge is 0.370 e. The van der Waals surface area contributed by atoms with Gasteiger partial charge in [-0.1, -0.05) is 0 Å². The Labute approximate surface area is 97.0 Å². The fraction of sp³-hybridized carbons (Fsp3) is 0.700. The molecule has 1 fully saturated rings. The number of aromatic nitrogens is 1. The summed E-state index contributed by atoms with van der Waals surface area (Å²) in [5.74, 6) is 0. The number of halogens is 2. The van der Waals surface area contributed by atoms with Crippen molar-refractivity contribution in [1.82, 2.24) is 9.88 Å². The molecule has 90 valence electrons. The maximum Gasteiger partial charge on any atom is 0.265 e. The van der Waals surface area contributed by atoms with Crippen molar-refractivity contribution in [3.8, 4) is 0 Å². The fourth-order valence-electron chi connectivity index (χ4n) is 1.71. The average Bonchev–Trinajstić information content (AvgIpc) is 2.65. The molecule has 0 radical (unpaired) electrons. The molecule has 16 heavy (non-hydrogen) atoms. The third-order valence-corrected chi connectivity index (χ3v) is 3.59. The van der Waals surface area contributed by atoms with E-state index in [1.165, 1.54) is 0 Å². The molecule has 1 aromatic heterocycles. The summed E-state index contributed by atoms with van der Waals surface area (Å²) in [6.45, 7) is 4.03. The molecule has 1 unspecified atom stereocenters. The van der Waals surface area contributed by atoms with Crippen molar-refractivity contribution in [3.05, 3.63) is 16.1 Å². The SMILES string of the molecule is Cc1ncsc1CN1CCOC(C(F)F)C1. The molecule has 0 amide bonds. The van der Waals surface area contributed by atoms with E-state index in [1.54, 1.807) is 16.8 Å². The van der Waals surface area contributed by atoms with Gasteiger partial charge in [-0.25, -0.2) is 13.8 Å². The number of hydrogen-bond acceptors (Lipinski definition) is 4. The second kappa shape index (κ2) is 5.16. The van der Waals surface area contributed by atoms with Crippen LogP contribution in [0.5, 0.6) is 0 Å². The van der Waals surface area contributed by atoms with Crippen LogP contribution in [-0.4, -0.2) is 42.1 Å². The summed E-state index contributed by atoms with van der Waals surface area (Å²) in [6.07, 6.45) is -3.34. The van der Waals surface area contributed by atoms with Crippen LogP contribution in [0.25, 0.3) is 0 Å².